The first kappa shape index (κ1) is 24.2. The molecule has 1 saturated carbocycles. The van der Waals surface area contributed by atoms with Gasteiger partial charge in [-0.15, -0.1) is 0 Å². The van der Waals surface area contributed by atoms with Crippen molar-refractivity contribution >= 4 is 21.6 Å². The van der Waals surface area contributed by atoms with Crippen molar-refractivity contribution in [3.8, 4) is 0 Å². The van der Waals surface area contributed by atoms with E-state index in [1.165, 1.54) is 12.1 Å². The molecule has 3 N–H and O–H groups in total. The average molecular weight is 462 g/mol. The molecule has 0 aromatic heterocycles. The second kappa shape index (κ2) is 10.4. The summed E-state index contributed by atoms with van der Waals surface area (Å²) in [7, 11) is -3.63. The first-order valence-corrected chi connectivity index (χ1v) is 12.6. The van der Waals surface area contributed by atoms with Crippen LogP contribution in [-0.2, 0) is 14.8 Å². The van der Waals surface area contributed by atoms with Crippen LogP contribution in [0.2, 0.25) is 0 Å². The molecule has 0 heterocycles. The van der Waals surface area contributed by atoms with Gasteiger partial charge in [0.2, 0.25) is 15.9 Å². The highest BCUT2D eigenvalue weighted by atomic mass is 32.2. The summed E-state index contributed by atoms with van der Waals surface area (Å²) in [6.45, 7) is 6.48. The van der Waals surface area contributed by atoms with Crippen molar-refractivity contribution in [3.63, 3.8) is 0 Å². The van der Waals surface area contributed by atoms with Gasteiger partial charge in [-0.1, -0.05) is 18.2 Å². The van der Waals surface area contributed by atoms with Crippen LogP contribution < -0.4 is 15.4 Å². The van der Waals surface area contributed by atoms with Gasteiger partial charge in [0.15, 0.2) is 0 Å². The molecular formula is C24H32FN3O3S. The van der Waals surface area contributed by atoms with Gasteiger partial charge in [-0.2, -0.15) is 0 Å². The van der Waals surface area contributed by atoms with Gasteiger partial charge in [-0.3, -0.25) is 4.79 Å². The summed E-state index contributed by atoms with van der Waals surface area (Å²) in [4.78, 5) is 12.9. The van der Waals surface area contributed by atoms with Gasteiger partial charge in [0.05, 0.1) is 10.9 Å². The van der Waals surface area contributed by atoms with Gasteiger partial charge < -0.3 is 10.6 Å². The number of hydrogen-bond acceptors (Lipinski definition) is 4. The van der Waals surface area contributed by atoms with Gasteiger partial charge in [-0.05, 0) is 81.8 Å². The molecule has 2 aromatic carbocycles. The summed E-state index contributed by atoms with van der Waals surface area (Å²) in [6.07, 6.45) is 2.44. The maximum absolute atomic E-state index is 13.1. The summed E-state index contributed by atoms with van der Waals surface area (Å²) in [6, 6.07) is 10.8. The number of halogens is 1. The molecule has 0 spiro atoms. The van der Waals surface area contributed by atoms with Crippen LogP contribution in [0.15, 0.2) is 47.4 Å². The normalized spacial score (nSPS) is 19.9. The SMILES string of the molecule is CCNc1cc(S(=O)(=O)N[C@H]2CC[C@H](C(=O)N[C@H](C)c3ccc(F)cc3)CC2)ccc1C. The Labute approximate surface area is 190 Å². The van der Waals surface area contributed by atoms with E-state index in [0.717, 1.165) is 16.8 Å². The first-order chi connectivity index (χ1) is 15.2. The second-order valence-electron chi connectivity index (χ2n) is 8.46. The standard InChI is InChI=1S/C24H32FN3O3S/c1-4-26-23-15-22(14-5-16(23)2)32(30,31)28-21-12-8-19(9-13-21)24(29)27-17(3)18-6-10-20(25)11-7-18/h5-7,10-11,14-15,17,19,21,26,28H,4,8-9,12-13H2,1-3H3,(H,27,29)/t17-,19-,21-/m1/s1. The Morgan fingerprint density at radius 2 is 1.75 bits per heavy atom. The molecule has 0 bridgehead atoms. The molecule has 3 rings (SSSR count). The Hall–Kier alpha value is -2.45. The minimum Gasteiger partial charge on any atom is -0.385 e. The van der Waals surface area contributed by atoms with Gasteiger partial charge in [0, 0.05) is 24.2 Å². The molecule has 174 valence electrons. The van der Waals surface area contributed by atoms with Crippen molar-refractivity contribution in [2.45, 2.75) is 63.4 Å². The number of benzene rings is 2. The van der Waals surface area contributed by atoms with Crippen molar-refractivity contribution in [1.82, 2.24) is 10.0 Å². The largest absolute Gasteiger partial charge is 0.385 e. The van der Waals surface area contributed by atoms with Crippen molar-refractivity contribution in [1.29, 1.82) is 0 Å². The van der Waals surface area contributed by atoms with E-state index in [1.807, 2.05) is 20.8 Å². The van der Waals surface area contributed by atoms with Crippen LogP contribution in [0.5, 0.6) is 0 Å². The van der Waals surface area contributed by atoms with Gasteiger partial charge in [-0.25, -0.2) is 17.5 Å². The fourth-order valence-corrected chi connectivity index (χ4v) is 5.41. The minimum absolute atomic E-state index is 0.0445. The number of rotatable bonds is 8. The highest BCUT2D eigenvalue weighted by Gasteiger charge is 2.30. The van der Waals surface area contributed by atoms with E-state index in [9.17, 15) is 17.6 Å². The minimum atomic E-state index is -3.63. The zero-order valence-corrected chi connectivity index (χ0v) is 19.6. The summed E-state index contributed by atoms with van der Waals surface area (Å²) in [5.74, 6) is -0.508. The molecule has 8 heteroatoms. The number of carbonyl (C=O) groups is 1. The number of carbonyl (C=O) groups excluding carboxylic acids is 1. The van der Waals surface area contributed by atoms with Crippen molar-refractivity contribution in [2.75, 3.05) is 11.9 Å². The molecule has 0 aliphatic heterocycles. The average Bonchev–Trinajstić information content (AvgIpc) is 2.76. The van der Waals surface area contributed by atoms with Crippen LogP contribution in [-0.4, -0.2) is 26.9 Å². The van der Waals surface area contributed by atoms with Crippen molar-refractivity contribution in [2.24, 2.45) is 5.92 Å². The third-order valence-electron chi connectivity index (χ3n) is 6.04. The van der Waals surface area contributed by atoms with E-state index < -0.39 is 10.0 Å². The number of anilines is 1. The Balaban J connectivity index is 1.54. The van der Waals surface area contributed by atoms with E-state index >= 15 is 0 Å². The maximum Gasteiger partial charge on any atom is 0.240 e. The lowest BCUT2D eigenvalue weighted by molar-refractivity contribution is -0.126. The number of sulfonamides is 1. The first-order valence-electron chi connectivity index (χ1n) is 11.1. The van der Waals surface area contributed by atoms with Crippen LogP contribution >= 0.6 is 0 Å². The second-order valence-corrected chi connectivity index (χ2v) is 10.2. The topological polar surface area (TPSA) is 87.3 Å². The number of amides is 1. The maximum atomic E-state index is 13.1. The molecule has 2 aromatic rings. The molecule has 1 atom stereocenters. The summed E-state index contributed by atoms with van der Waals surface area (Å²) in [5.41, 5.74) is 2.65. The smallest absolute Gasteiger partial charge is 0.240 e. The Morgan fingerprint density at radius 3 is 2.38 bits per heavy atom. The molecule has 1 amide bonds. The zero-order valence-electron chi connectivity index (χ0n) is 18.8. The molecule has 1 aliphatic rings. The van der Waals surface area contributed by atoms with Crippen LogP contribution in [0, 0.1) is 18.7 Å². The quantitative estimate of drug-likeness (QED) is 0.548. The highest BCUT2D eigenvalue weighted by molar-refractivity contribution is 7.89. The predicted octanol–water partition coefficient (Wildman–Crippen LogP) is 4.28. The lowest BCUT2D eigenvalue weighted by Gasteiger charge is -2.29. The fourth-order valence-electron chi connectivity index (χ4n) is 4.08. The molecule has 0 saturated heterocycles. The van der Waals surface area contributed by atoms with E-state index in [4.69, 9.17) is 0 Å². The third kappa shape index (κ3) is 6.07. The summed E-state index contributed by atoms with van der Waals surface area (Å²) in [5, 5.41) is 6.18. The molecular weight excluding hydrogens is 429 g/mol. The van der Waals surface area contributed by atoms with E-state index in [2.05, 4.69) is 15.4 Å². The van der Waals surface area contributed by atoms with Crippen LogP contribution in [0.4, 0.5) is 10.1 Å². The third-order valence-corrected chi connectivity index (χ3v) is 7.55. The van der Waals surface area contributed by atoms with Crippen LogP contribution in [0.1, 0.15) is 56.7 Å². The summed E-state index contributed by atoms with van der Waals surface area (Å²) < 4.78 is 41.6. The molecule has 1 fully saturated rings. The monoisotopic (exact) mass is 461 g/mol. The van der Waals surface area contributed by atoms with E-state index in [-0.39, 0.29) is 34.6 Å². The fraction of sp³-hybridized carbons (Fsp3) is 0.458. The predicted molar refractivity (Wildman–Crippen MR) is 124 cm³/mol. The highest BCUT2D eigenvalue weighted by Crippen LogP contribution is 2.27. The number of nitrogens with one attached hydrogen (secondary N) is 3. The van der Waals surface area contributed by atoms with Gasteiger partial charge in [0.25, 0.3) is 0 Å². The van der Waals surface area contributed by atoms with E-state index in [1.54, 1.807) is 30.3 Å². The number of aryl methyl sites for hydroxylation is 1. The lowest BCUT2D eigenvalue weighted by atomic mass is 9.85. The van der Waals surface area contributed by atoms with Crippen LogP contribution in [0.25, 0.3) is 0 Å². The Bertz CT molecular complexity index is 1030. The Kier molecular flexibility index (Phi) is 7.90. The van der Waals surface area contributed by atoms with Gasteiger partial charge in [0.1, 0.15) is 5.82 Å². The van der Waals surface area contributed by atoms with Crippen molar-refractivity contribution in [3.05, 3.63) is 59.4 Å². The Morgan fingerprint density at radius 1 is 1.09 bits per heavy atom. The molecule has 0 unspecified atom stereocenters. The lowest BCUT2D eigenvalue weighted by Crippen LogP contribution is -2.41. The number of hydrogen-bond donors (Lipinski definition) is 3. The molecule has 6 nitrogen and oxygen atoms in total. The molecule has 32 heavy (non-hydrogen) atoms. The zero-order chi connectivity index (χ0) is 23.3. The van der Waals surface area contributed by atoms with E-state index in [0.29, 0.717) is 32.2 Å². The molecule has 0 radical (unpaired) electrons. The molecule has 1 aliphatic carbocycles. The van der Waals surface area contributed by atoms with Crippen molar-refractivity contribution < 1.29 is 17.6 Å². The van der Waals surface area contributed by atoms with Gasteiger partial charge >= 0.3 is 0 Å². The summed E-state index contributed by atoms with van der Waals surface area (Å²) >= 11 is 0. The van der Waals surface area contributed by atoms with Crippen LogP contribution in [0.3, 0.4) is 0 Å².